The molecule has 0 aromatic carbocycles. The molecule has 1 nitrogen and oxygen atoms in total. The molecular formula is C20H37N. The highest BCUT2D eigenvalue weighted by Crippen LogP contribution is 2.13. The van der Waals surface area contributed by atoms with Crippen LogP contribution in [0.1, 0.15) is 103 Å². The summed E-state index contributed by atoms with van der Waals surface area (Å²) in [6.07, 6.45) is 23.4. The lowest BCUT2D eigenvalue weighted by molar-refractivity contribution is 0.535. The van der Waals surface area contributed by atoms with Crippen LogP contribution in [0.5, 0.6) is 0 Å². The molecule has 0 amide bonds. The number of aryl methyl sites for hydroxylation is 1. The summed E-state index contributed by atoms with van der Waals surface area (Å²) in [6.45, 7) is 2.29. The van der Waals surface area contributed by atoms with Crippen molar-refractivity contribution in [2.75, 3.05) is 0 Å². The van der Waals surface area contributed by atoms with Crippen molar-refractivity contribution in [3.63, 3.8) is 0 Å². The van der Waals surface area contributed by atoms with Crippen LogP contribution in [0, 0.1) is 0 Å². The molecule has 0 aliphatic rings. The molecule has 0 spiro atoms. The lowest BCUT2D eigenvalue weighted by atomic mass is 10.0. The fraction of sp³-hybridized carbons (Fsp3) is 0.800. The van der Waals surface area contributed by atoms with Crippen LogP contribution in [0.2, 0.25) is 0 Å². The van der Waals surface area contributed by atoms with Crippen LogP contribution >= 0.6 is 0 Å². The number of H-pyrrole nitrogens is 1. The van der Waals surface area contributed by atoms with Gasteiger partial charge in [0.1, 0.15) is 0 Å². The highest BCUT2D eigenvalue weighted by molar-refractivity contribution is 5.03. The number of nitrogens with one attached hydrogen (secondary N) is 1. The predicted octanol–water partition coefficient (Wildman–Crippen LogP) is 7.04. The first-order valence-corrected chi connectivity index (χ1v) is 9.55. The molecule has 1 aromatic rings. The lowest BCUT2D eigenvalue weighted by Crippen LogP contribution is -1.86. The van der Waals surface area contributed by atoms with Gasteiger partial charge in [-0.3, -0.25) is 0 Å². The van der Waals surface area contributed by atoms with Crippen LogP contribution < -0.4 is 0 Å². The molecule has 0 fully saturated rings. The van der Waals surface area contributed by atoms with Gasteiger partial charge in [-0.05, 0) is 25.0 Å². The minimum Gasteiger partial charge on any atom is -0.365 e. The number of unbranched alkanes of at least 4 members (excludes halogenated alkanes) is 13. The second kappa shape index (κ2) is 14.2. The molecule has 1 rings (SSSR count). The normalized spacial score (nSPS) is 11.1. The van der Waals surface area contributed by atoms with Gasteiger partial charge in [-0.15, -0.1) is 0 Å². The Morgan fingerprint density at radius 2 is 1.14 bits per heavy atom. The molecule has 21 heavy (non-hydrogen) atoms. The van der Waals surface area contributed by atoms with Crippen molar-refractivity contribution in [3.8, 4) is 0 Å². The molecular weight excluding hydrogens is 254 g/mol. The monoisotopic (exact) mass is 291 g/mol. The first kappa shape index (κ1) is 18.3. The third-order valence-electron chi connectivity index (χ3n) is 4.46. The number of aromatic amines is 1. The molecule has 1 aromatic heterocycles. The van der Waals surface area contributed by atoms with E-state index in [4.69, 9.17) is 0 Å². The van der Waals surface area contributed by atoms with Gasteiger partial charge in [0.25, 0.3) is 0 Å². The minimum absolute atomic E-state index is 1.23. The molecule has 122 valence electrons. The van der Waals surface area contributed by atoms with E-state index < -0.39 is 0 Å². The summed E-state index contributed by atoms with van der Waals surface area (Å²) in [4.78, 5) is 3.28. The highest BCUT2D eigenvalue weighted by atomic mass is 14.7. The van der Waals surface area contributed by atoms with Gasteiger partial charge in [0.2, 0.25) is 0 Å². The van der Waals surface area contributed by atoms with Crippen LogP contribution in [0.15, 0.2) is 18.3 Å². The molecule has 0 unspecified atom stereocenters. The average Bonchev–Trinajstić information content (AvgIpc) is 3.01. The largest absolute Gasteiger partial charge is 0.365 e. The van der Waals surface area contributed by atoms with E-state index in [1.54, 1.807) is 0 Å². The zero-order valence-electron chi connectivity index (χ0n) is 14.3. The molecule has 0 bridgehead atoms. The Bertz CT molecular complexity index is 289. The lowest BCUT2D eigenvalue weighted by Gasteiger charge is -2.03. The second-order valence-electron chi connectivity index (χ2n) is 6.54. The van der Waals surface area contributed by atoms with E-state index in [2.05, 4.69) is 24.0 Å². The van der Waals surface area contributed by atoms with Crippen LogP contribution in [0.4, 0.5) is 0 Å². The molecule has 0 aliphatic heterocycles. The Kier molecular flexibility index (Phi) is 12.4. The molecule has 1 heterocycles. The maximum Gasteiger partial charge on any atom is 0.0147 e. The summed E-state index contributed by atoms with van der Waals surface area (Å²) in [5.41, 5.74) is 1.40. The van der Waals surface area contributed by atoms with E-state index in [-0.39, 0.29) is 0 Å². The number of hydrogen-bond donors (Lipinski definition) is 1. The average molecular weight is 292 g/mol. The highest BCUT2D eigenvalue weighted by Gasteiger charge is 1.95. The third-order valence-corrected chi connectivity index (χ3v) is 4.46. The van der Waals surface area contributed by atoms with Crippen molar-refractivity contribution in [1.29, 1.82) is 0 Å². The summed E-state index contributed by atoms with van der Waals surface area (Å²) >= 11 is 0. The van der Waals surface area contributed by atoms with Crippen LogP contribution in [-0.2, 0) is 6.42 Å². The second-order valence-corrected chi connectivity index (χ2v) is 6.54. The molecule has 0 aliphatic carbocycles. The topological polar surface area (TPSA) is 15.8 Å². The Hall–Kier alpha value is -0.720. The summed E-state index contributed by atoms with van der Waals surface area (Å²) in [5, 5.41) is 0. The SMILES string of the molecule is CCCCCCCCCCCCCCCCc1ccc[nH]1. The molecule has 0 radical (unpaired) electrons. The Balaban J connectivity index is 1.69. The van der Waals surface area contributed by atoms with Gasteiger partial charge in [0.05, 0.1) is 0 Å². The summed E-state index contributed by atoms with van der Waals surface area (Å²) in [7, 11) is 0. The fourth-order valence-electron chi connectivity index (χ4n) is 3.03. The summed E-state index contributed by atoms with van der Waals surface area (Å²) < 4.78 is 0. The van der Waals surface area contributed by atoms with E-state index in [0.29, 0.717) is 0 Å². The number of rotatable bonds is 15. The molecule has 0 atom stereocenters. The first-order valence-electron chi connectivity index (χ1n) is 9.55. The third kappa shape index (κ3) is 11.6. The van der Waals surface area contributed by atoms with Gasteiger partial charge in [-0.2, -0.15) is 0 Å². The minimum atomic E-state index is 1.23. The quantitative estimate of drug-likeness (QED) is 0.334. The number of aromatic nitrogens is 1. The molecule has 1 heteroatoms. The van der Waals surface area contributed by atoms with Gasteiger partial charge in [-0.1, -0.05) is 90.4 Å². The van der Waals surface area contributed by atoms with Gasteiger partial charge < -0.3 is 4.98 Å². The smallest absolute Gasteiger partial charge is 0.0147 e. The fourth-order valence-corrected chi connectivity index (χ4v) is 3.03. The van der Waals surface area contributed by atoms with E-state index in [1.165, 1.54) is 102 Å². The Morgan fingerprint density at radius 3 is 1.57 bits per heavy atom. The Labute approximate surface area is 132 Å². The van der Waals surface area contributed by atoms with E-state index in [9.17, 15) is 0 Å². The number of hydrogen-bond acceptors (Lipinski definition) is 0. The first-order chi connectivity index (χ1) is 10.4. The summed E-state index contributed by atoms with van der Waals surface area (Å²) in [5.74, 6) is 0. The van der Waals surface area contributed by atoms with Crippen molar-refractivity contribution in [1.82, 2.24) is 4.98 Å². The van der Waals surface area contributed by atoms with Crippen molar-refractivity contribution < 1.29 is 0 Å². The van der Waals surface area contributed by atoms with E-state index in [1.807, 2.05) is 6.20 Å². The summed E-state index contributed by atoms with van der Waals surface area (Å²) in [6, 6.07) is 4.29. The van der Waals surface area contributed by atoms with Gasteiger partial charge in [0.15, 0.2) is 0 Å². The van der Waals surface area contributed by atoms with Crippen LogP contribution in [-0.4, -0.2) is 4.98 Å². The van der Waals surface area contributed by atoms with Crippen molar-refractivity contribution in [2.24, 2.45) is 0 Å². The zero-order chi connectivity index (χ0) is 15.0. The van der Waals surface area contributed by atoms with Crippen LogP contribution in [0.25, 0.3) is 0 Å². The van der Waals surface area contributed by atoms with Crippen LogP contribution in [0.3, 0.4) is 0 Å². The van der Waals surface area contributed by atoms with Crippen molar-refractivity contribution in [3.05, 3.63) is 24.0 Å². The van der Waals surface area contributed by atoms with E-state index >= 15 is 0 Å². The molecule has 1 N–H and O–H groups in total. The van der Waals surface area contributed by atoms with Gasteiger partial charge in [-0.25, -0.2) is 0 Å². The van der Waals surface area contributed by atoms with E-state index in [0.717, 1.165) is 0 Å². The van der Waals surface area contributed by atoms with Gasteiger partial charge >= 0.3 is 0 Å². The maximum absolute atomic E-state index is 3.28. The predicted molar refractivity (Wildman–Crippen MR) is 94.8 cm³/mol. The van der Waals surface area contributed by atoms with Gasteiger partial charge in [0, 0.05) is 11.9 Å². The molecule has 0 saturated carbocycles. The Morgan fingerprint density at radius 1 is 0.667 bits per heavy atom. The van der Waals surface area contributed by atoms with Crippen molar-refractivity contribution >= 4 is 0 Å². The zero-order valence-corrected chi connectivity index (χ0v) is 14.3. The maximum atomic E-state index is 3.28. The molecule has 0 saturated heterocycles. The van der Waals surface area contributed by atoms with Crippen molar-refractivity contribution in [2.45, 2.75) is 103 Å². The standard InChI is InChI=1S/C20H37N/c1-2-3-4-5-6-7-8-9-10-11-12-13-14-15-17-20-18-16-19-21-20/h16,18-19,21H,2-15,17H2,1H3.